The lowest BCUT2D eigenvalue weighted by atomic mass is 10.1. The third-order valence-corrected chi connectivity index (χ3v) is 4.57. The molecule has 0 saturated carbocycles. The zero-order valence-electron chi connectivity index (χ0n) is 12.1. The number of oxazole rings is 1. The summed E-state index contributed by atoms with van der Waals surface area (Å²) in [6, 6.07) is 11.6. The minimum atomic E-state index is -0.932. The van der Waals surface area contributed by atoms with Gasteiger partial charge in [0.15, 0.2) is 11.9 Å². The molecule has 0 spiro atoms. The number of para-hydroxylation sites is 1. The molecule has 116 valence electrons. The maximum Gasteiger partial charge on any atom is 0.309 e. The predicted octanol–water partition coefficient (Wildman–Crippen LogP) is 3.71. The molecule has 23 heavy (non-hydrogen) atoms. The van der Waals surface area contributed by atoms with Crippen molar-refractivity contribution in [2.45, 2.75) is 18.9 Å². The summed E-state index contributed by atoms with van der Waals surface area (Å²) in [4.78, 5) is 16.4. The van der Waals surface area contributed by atoms with Gasteiger partial charge in [-0.2, -0.15) is 0 Å². The van der Waals surface area contributed by atoms with Gasteiger partial charge in [0.05, 0.1) is 17.0 Å². The van der Waals surface area contributed by atoms with Crippen molar-refractivity contribution >= 4 is 17.3 Å². The first-order chi connectivity index (χ1) is 11.2. The molecule has 6 heteroatoms. The van der Waals surface area contributed by atoms with Gasteiger partial charge in [0.2, 0.25) is 5.89 Å². The summed E-state index contributed by atoms with van der Waals surface area (Å²) >= 11 is 1.49. The van der Waals surface area contributed by atoms with Crippen LogP contribution in [0.25, 0.3) is 10.6 Å². The van der Waals surface area contributed by atoms with Crippen LogP contribution in [0.15, 0.2) is 46.2 Å². The first kappa shape index (κ1) is 14.0. The fraction of sp³-hybridized carbons (Fsp3) is 0.176. The van der Waals surface area contributed by atoms with Gasteiger partial charge in [0, 0.05) is 6.42 Å². The van der Waals surface area contributed by atoms with E-state index in [1.807, 2.05) is 41.8 Å². The monoisotopic (exact) mass is 327 g/mol. The smallest absolute Gasteiger partial charge is 0.309 e. The summed E-state index contributed by atoms with van der Waals surface area (Å²) in [7, 11) is 0. The topological polar surface area (TPSA) is 72.6 Å². The molecule has 1 unspecified atom stereocenters. The molecule has 0 radical (unpaired) electrons. The quantitative estimate of drug-likeness (QED) is 0.791. The first-order valence-corrected chi connectivity index (χ1v) is 8.08. The lowest BCUT2D eigenvalue weighted by Crippen LogP contribution is -2.05. The van der Waals surface area contributed by atoms with E-state index in [4.69, 9.17) is 14.3 Å². The molecule has 1 aromatic carbocycles. The van der Waals surface area contributed by atoms with E-state index in [0.717, 1.165) is 16.2 Å². The van der Waals surface area contributed by atoms with Crippen LogP contribution >= 0.6 is 11.3 Å². The summed E-state index contributed by atoms with van der Waals surface area (Å²) < 4.78 is 11.8. The van der Waals surface area contributed by atoms with Crippen molar-refractivity contribution in [1.82, 2.24) is 4.98 Å². The number of nitrogens with zero attached hydrogens (tertiary/aromatic N) is 1. The van der Waals surface area contributed by atoms with E-state index in [1.165, 1.54) is 11.3 Å². The van der Waals surface area contributed by atoms with Gasteiger partial charge in [-0.3, -0.25) is 4.79 Å². The number of carboxylic acid groups (broad SMARTS) is 1. The molecule has 2 aromatic heterocycles. The molecule has 1 N–H and O–H groups in total. The molecular formula is C17H13NO4S. The Morgan fingerprint density at radius 2 is 2.17 bits per heavy atom. The third kappa shape index (κ3) is 2.61. The third-order valence-electron chi connectivity index (χ3n) is 3.70. The van der Waals surface area contributed by atoms with Gasteiger partial charge in [0.1, 0.15) is 5.75 Å². The van der Waals surface area contributed by atoms with Gasteiger partial charge in [-0.15, -0.1) is 11.3 Å². The van der Waals surface area contributed by atoms with E-state index in [0.29, 0.717) is 23.8 Å². The van der Waals surface area contributed by atoms with Crippen molar-refractivity contribution in [1.29, 1.82) is 0 Å². The number of rotatable bonds is 4. The van der Waals surface area contributed by atoms with E-state index in [2.05, 4.69) is 4.98 Å². The Hall–Kier alpha value is -2.60. The number of aliphatic carboxylic acids is 1. The number of fused-ring (bicyclic) bond motifs is 1. The molecule has 1 atom stereocenters. The second-order valence-corrected chi connectivity index (χ2v) is 6.24. The summed E-state index contributed by atoms with van der Waals surface area (Å²) in [6.45, 7) is 0. The zero-order valence-corrected chi connectivity index (χ0v) is 12.9. The Labute approximate surface area is 136 Å². The van der Waals surface area contributed by atoms with Gasteiger partial charge in [0.25, 0.3) is 0 Å². The lowest BCUT2D eigenvalue weighted by Gasteiger charge is -2.05. The number of thiophene rings is 1. The summed E-state index contributed by atoms with van der Waals surface area (Å²) in [5, 5.41) is 11.0. The fourth-order valence-corrected chi connectivity index (χ4v) is 3.42. The molecule has 1 aliphatic heterocycles. The second-order valence-electron chi connectivity index (χ2n) is 5.29. The van der Waals surface area contributed by atoms with Crippen molar-refractivity contribution in [3.8, 4) is 16.4 Å². The maximum absolute atomic E-state index is 11.1. The second kappa shape index (κ2) is 5.55. The minimum Gasteiger partial charge on any atom is -0.481 e. The van der Waals surface area contributed by atoms with Crippen molar-refractivity contribution in [2.75, 3.05) is 0 Å². The average molecular weight is 327 g/mol. The molecule has 0 fully saturated rings. The standard InChI is InChI=1S/C17H13NO4S/c19-15(20)9-11-16(14-6-3-7-23-14)22-17(18-11)13-8-10-4-1-2-5-12(10)21-13/h1-7,13H,8-9H2,(H,19,20). The minimum absolute atomic E-state index is 0.170. The predicted molar refractivity (Wildman–Crippen MR) is 84.7 cm³/mol. The van der Waals surface area contributed by atoms with E-state index >= 15 is 0 Å². The number of ether oxygens (including phenoxy) is 1. The Balaban J connectivity index is 1.69. The molecule has 0 amide bonds. The highest BCUT2D eigenvalue weighted by Gasteiger charge is 2.30. The normalized spacial score (nSPS) is 16.1. The van der Waals surface area contributed by atoms with Crippen molar-refractivity contribution in [2.24, 2.45) is 0 Å². The Morgan fingerprint density at radius 1 is 1.30 bits per heavy atom. The Bertz CT molecular complexity index is 828. The Kier molecular flexibility index (Phi) is 3.38. The molecular weight excluding hydrogens is 314 g/mol. The van der Waals surface area contributed by atoms with Crippen LogP contribution in [0.5, 0.6) is 5.75 Å². The van der Waals surface area contributed by atoms with Crippen molar-refractivity contribution in [3.63, 3.8) is 0 Å². The van der Waals surface area contributed by atoms with E-state index in [1.54, 1.807) is 0 Å². The highest BCUT2D eigenvalue weighted by molar-refractivity contribution is 7.13. The summed E-state index contributed by atoms with van der Waals surface area (Å²) in [6.07, 6.45) is 0.192. The molecule has 0 aliphatic carbocycles. The van der Waals surface area contributed by atoms with Gasteiger partial charge in [-0.05, 0) is 23.1 Å². The fourth-order valence-electron chi connectivity index (χ4n) is 2.69. The van der Waals surface area contributed by atoms with Crippen LogP contribution in [0.3, 0.4) is 0 Å². The van der Waals surface area contributed by atoms with Crippen LogP contribution in [-0.2, 0) is 17.6 Å². The first-order valence-electron chi connectivity index (χ1n) is 7.20. The number of aromatic nitrogens is 1. The van der Waals surface area contributed by atoms with E-state index in [9.17, 15) is 4.79 Å². The Morgan fingerprint density at radius 3 is 2.91 bits per heavy atom. The number of hydrogen-bond acceptors (Lipinski definition) is 5. The number of carboxylic acids is 1. The van der Waals surface area contributed by atoms with Crippen LogP contribution < -0.4 is 4.74 Å². The average Bonchev–Trinajstić information content (AvgIpc) is 3.25. The van der Waals surface area contributed by atoms with Crippen LogP contribution in [0, 0.1) is 0 Å². The largest absolute Gasteiger partial charge is 0.481 e. The van der Waals surface area contributed by atoms with Gasteiger partial charge in [-0.25, -0.2) is 4.98 Å². The van der Waals surface area contributed by atoms with Crippen molar-refractivity contribution in [3.05, 3.63) is 58.9 Å². The van der Waals surface area contributed by atoms with Crippen LogP contribution in [0.4, 0.5) is 0 Å². The van der Waals surface area contributed by atoms with Gasteiger partial charge < -0.3 is 14.3 Å². The molecule has 3 heterocycles. The highest BCUT2D eigenvalue weighted by Crippen LogP contribution is 2.38. The molecule has 5 nitrogen and oxygen atoms in total. The van der Waals surface area contributed by atoms with Crippen LogP contribution in [-0.4, -0.2) is 16.1 Å². The molecule has 1 aliphatic rings. The number of hydrogen-bond donors (Lipinski definition) is 1. The summed E-state index contributed by atoms with van der Waals surface area (Å²) in [5.74, 6) is 0.851. The van der Waals surface area contributed by atoms with Crippen LogP contribution in [0.1, 0.15) is 23.3 Å². The number of benzene rings is 1. The molecule has 4 rings (SSSR count). The SMILES string of the molecule is O=C(O)Cc1nc(C2Cc3ccccc3O2)oc1-c1cccs1. The molecule has 3 aromatic rings. The zero-order chi connectivity index (χ0) is 15.8. The van der Waals surface area contributed by atoms with E-state index in [-0.39, 0.29) is 12.5 Å². The van der Waals surface area contributed by atoms with Gasteiger partial charge in [-0.1, -0.05) is 24.3 Å². The van der Waals surface area contributed by atoms with Crippen LogP contribution in [0.2, 0.25) is 0 Å². The maximum atomic E-state index is 11.1. The summed E-state index contributed by atoms with van der Waals surface area (Å²) in [5.41, 5.74) is 1.54. The number of carbonyl (C=O) groups is 1. The van der Waals surface area contributed by atoms with Crippen molar-refractivity contribution < 1.29 is 19.1 Å². The molecule has 0 bridgehead atoms. The lowest BCUT2D eigenvalue weighted by molar-refractivity contribution is -0.136. The highest BCUT2D eigenvalue weighted by atomic mass is 32.1. The molecule has 0 saturated heterocycles. The van der Waals surface area contributed by atoms with E-state index < -0.39 is 5.97 Å². The van der Waals surface area contributed by atoms with Gasteiger partial charge >= 0.3 is 5.97 Å².